The molecular formula is C17H32N3O11P. The monoisotopic (exact) mass is 485 g/mol. The van der Waals surface area contributed by atoms with E-state index in [4.69, 9.17) is 24.4 Å². The standard InChI is InChI=1S/C17H32N3O11P/c1-4-14(21)19-13(11-31-32(26,27)28)16(23)18-6-8-30-10-9-29-7-5-15(22)20(3)12(2)17(24)25/h12-13H,4-11H2,1-3H3,(H,18,23)(H,19,21)(H,24,25)(H2,26,27,28). The van der Waals surface area contributed by atoms with Crippen LogP contribution in [0.1, 0.15) is 26.7 Å². The molecule has 14 nitrogen and oxygen atoms in total. The van der Waals surface area contributed by atoms with Crippen molar-refractivity contribution < 1.29 is 52.6 Å². The van der Waals surface area contributed by atoms with E-state index in [1.165, 1.54) is 14.0 Å². The van der Waals surface area contributed by atoms with Crippen LogP contribution in [0.25, 0.3) is 0 Å². The lowest BCUT2D eigenvalue weighted by Crippen LogP contribution is -2.49. The van der Waals surface area contributed by atoms with Gasteiger partial charge < -0.3 is 39.9 Å². The Kier molecular flexibility index (Phi) is 14.6. The number of nitrogens with one attached hydrogen (secondary N) is 2. The van der Waals surface area contributed by atoms with Gasteiger partial charge in [0, 0.05) is 20.0 Å². The zero-order chi connectivity index (χ0) is 24.7. The van der Waals surface area contributed by atoms with E-state index >= 15 is 0 Å². The first-order valence-corrected chi connectivity index (χ1v) is 11.3. The maximum atomic E-state index is 12.1. The number of carboxylic acids is 1. The first-order valence-electron chi connectivity index (χ1n) is 9.80. The average molecular weight is 485 g/mol. The van der Waals surface area contributed by atoms with Crippen LogP contribution in [0, 0.1) is 0 Å². The third kappa shape index (κ3) is 14.1. The third-order valence-electron chi connectivity index (χ3n) is 4.09. The van der Waals surface area contributed by atoms with Crippen LogP contribution in [0.4, 0.5) is 0 Å². The topological polar surface area (TPSA) is 201 Å². The molecule has 0 aliphatic heterocycles. The molecule has 15 heteroatoms. The van der Waals surface area contributed by atoms with Crippen molar-refractivity contribution in [3.63, 3.8) is 0 Å². The van der Waals surface area contributed by atoms with Crippen LogP contribution >= 0.6 is 7.82 Å². The lowest BCUT2D eigenvalue weighted by molar-refractivity contribution is -0.148. The summed E-state index contributed by atoms with van der Waals surface area (Å²) in [5.74, 6) is -2.65. The molecule has 0 aromatic rings. The minimum absolute atomic E-state index is 0.0196. The van der Waals surface area contributed by atoms with Gasteiger partial charge in [-0.15, -0.1) is 0 Å². The number of aliphatic carboxylic acids is 1. The number of hydrogen-bond donors (Lipinski definition) is 5. The summed E-state index contributed by atoms with van der Waals surface area (Å²) in [5.41, 5.74) is 0. The van der Waals surface area contributed by atoms with E-state index in [-0.39, 0.29) is 51.7 Å². The molecular weight excluding hydrogens is 453 g/mol. The molecule has 186 valence electrons. The fourth-order valence-corrected chi connectivity index (χ4v) is 2.40. The number of phosphoric ester groups is 1. The number of rotatable bonds is 17. The summed E-state index contributed by atoms with van der Waals surface area (Å²) >= 11 is 0. The van der Waals surface area contributed by atoms with Crippen molar-refractivity contribution in [2.75, 3.05) is 46.6 Å². The van der Waals surface area contributed by atoms with Gasteiger partial charge in [-0.25, -0.2) is 9.36 Å². The van der Waals surface area contributed by atoms with Crippen LogP contribution < -0.4 is 10.6 Å². The first kappa shape index (κ1) is 29.9. The normalized spacial score (nSPS) is 13.2. The average Bonchev–Trinajstić information content (AvgIpc) is 2.72. The molecule has 0 aliphatic carbocycles. The Morgan fingerprint density at radius 2 is 1.66 bits per heavy atom. The number of carbonyl (C=O) groups is 4. The van der Waals surface area contributed by atoms with Crippen molar-refractivity contribution in [3.05, 3.63) is 0 Å². The molecule has 2 atom stereocenters. The summed E-state index contributed by atoms with van der Waals surface area (Å²) in [4.78, 5) is 64.8. The summed E-state index contributed by atoms with van der Waals surface area (Å²) in [6.45, 7) is 2.84. The molecule has 0 heterocycles. The fraction of sp³-hybridized carbons (Fsp3) is 0.765. The van der Waals surface area contributed by atoms with Gasteiger partial charge in [0.05, 0.1) is 39.5 Å². The predicted octanol–water partition coefficient (Wildman–Crippen LogP) is -1.54. The minimum Gasteiger partial charge on any atom is -0.480 e. The number of phosphoric acid groups is 1. The van der Waals surface area contributed by atoms with Gasteiger partial charge in [-0.05, 0) is 6.92 Å². The Balaban J connectivity index is 4.04. The van der Waals surface area contributed by atoms with Crippen molar-refractivity contribution in [1.82, 2.24) is 15.5 Å². The van der Waals surface area contributed by atoms with Crippen LogP contribution in [-0.4, -0.2) is 102 Å². The molecule has 0 radical (unpaired) electrons. The highest BCUT2D eigenvalue weighted by Crippen LogP contribution is 2.35. The highest BCUT2D eigenvalue weighted by atomic mass is 31.2. The zero-order valence-corrected chi connectivity index (χ0v) is 19.2. The number of nitrogens with zero attached hydrogens (tertiary/aromatic N) is 1. The molecule has 0 spiro atoms. The van der Waals surface area contributed by atoms with E-state index in [2.05, 4.69) is 15.2 Å². The van der Waals surface area contributed by atoms with Gasteiger partial charge in [0.15, 0.2) is 0 Å². The molecule has 0 bridgehead atoms. The third-order valence-corrected chi connectivity index (χ3v) is 4.58. The van der Waals surface area contributed by atoms with Gasteiger partial charge in [-0.1, -0.05) is 6.92 Å². The van der Waals surface area contributed by atoms with Crippen molar-refractivity contribution in [3.8, 4) is 0 Å². The smallest absolute Gasteiger partial charge is 0.469 e. The van der Waals surface area contributed by atoms with Gasteiger partial charge in [-0.3, -0.25) is 18.9 Å². The Labute approximate surface area is 185 Å². The van der Waals surface area contributed by atoms with E-state index in [0.29, 0.717) is 0 Å². The van der Waals surface area contributed by atoms with E-state index in [1.807, 2.05) is 0 Å². The molecule has 0 aliphatic rings. The van der Waals surface area contributed by atoms with Crippen molar-refractivity contribution in [2.45, 2.75) is 38.8 Å². The van der Waals surface area contributed by atoms with E-state index in [9.17, 15) is 23.7 Å². The summed E-state index contributed by atoms with van der Waals surface area (Å²) in [6.07, 6.45) is 0.0923. The maximum Gasteiger partial charge on any atom is 0.469 e. The largest absolute Gasteiger partial charge is 0.480 e. The molecule has 0 rings (SSSR count). The van der Waals surface area contributed by atoms with Crippen LogP contribution in [-0.2, 0) is 37.7 Å². The van der Waals surface area contributed by atoms with E-state index in [0.717, 1.165) is 4.90 Å². The molecule has 0 saturated carbocycles. The lowest BCUT2D eigenvalue weighted by Gasteiger charge is -2.21. The van der Waals surface area contributed by atoms with Crippen LogP contribution in [0.5, 0.6) is 0 Å². The summed E-state index contributed by atoms with van der Waals surface area (Å²) in [7, 11) is -3.40. The Bertz CT molecular complexity index is 670. The number of likely N-dealkylation sites (N-methyl/N-ethyl adjacent to an activating group) is 1. The van der Waals surface area contributed by atoms with E-state index < -0.39 is 44.3 Å². The number of carbonyl (C=O) groups excluding carboxylic acids is 3. The Morgan fingerprint density at radius 3 is 2.19 bits per heavy atom. The van der Waals surface area contributed by atoms with Crippen LogP contribution in [0.2, 0.25) is 0 Å². The highest BCUT2D eigenvalue weighted by Gasteiger charge is 2.25. The summed E-state index contributed by atoms with van der Waals surface area (Å²) in [5, 5.41) is 13.6. The zero-order valence-electron chi connectivity index (χ0n) is 18.3. The molecule has 3 amide bonds. The summed E-state index contributed by atoms with van der Waals surface area (Å²) < 4.78 is 25.6. The molecule has 5 N–H and O–H groups in total. The predicted molar refractivity (Wildman–Crippen MR) is 109 cm³/mol. The number of hydrogen-bond acceptors (Lipinski definition) is 8. The Hall–Kier alpha value is -2.09. The van der Waals surface area contributed by atoms with Crippen LogP contribution in [0.3, 0.4) is 0 Å². The van der Waals surface area contributed by atoms with Gasteiger partial charge in [0.1, 0.15) is 12.1 Å². The molecule has 0 saturated heterocycles. The first-order chi connectivity index (χ1) is 14.9. The van der Waals surface area contributed by atoms with Crippen molar-refractivity contribution >= 4 is 31.5 Å². The number of ether oxygens (including phenoxy) is 2. The quantitative estimate of drug-likeness (QED) is 0.118. The fourth-order valence-electron chi connectivity index (χ4n) is 2.06. The molecule has 32 heavy (non-hydrogen) atoms. The Morgan fingerprint density at radius 1 is 1.06 bits per heavy atom. The van der Waals surface area contributed by atoms with Gasteiger partial charge >= 0.3 is 13.8 Å². The van der Waals surface area contributed by atoms with Gasteiger partial charge in [0.25, 0.3) is 0 Å². The number of amides is 3. The lowest BCUT2D eigenvalue weighted by atomic mass is 10.2. The van der Waals surface area contributed by atoms with Crippen molar-refractivity contribution in [2.24, 2.45) is 0 Å². The molecule has 0 aromatic heterocycles. The SMILES string of the molecule is CCC(=O)NC(COP(=O)(O)O)C(=O)NCCOCCOCCC(=O)N(C)C(C)C(=O)O. The van der Waals surface area contributed by atoms with Crippen molar-refractivity contribution in [1.29, 1.82) is 0 Å². The van der Waals surface area contributed by atoms with Gasteiger partial charge in [0.2, 0.25) is 17.7 Å². The minimum atomic E-state index is -4.80. The second-order valence-corrected chi connectivity index (χ2v) is 7.78. The van der Waals surface area contributed by atoms with E-state index in [1.54, 1.807) is 6.92 Å². The molecule has 2 unspecified atom stereocenters. The summed E-state index contributed by atoms with van der Waals surface area (Å²) in [6, 6.07) is -2.21. The van der Waals surface area contributed by atoms with Gasteiger partial charge in [-0.2, -0.15) is 0 Å². The highest BCUT2D eigenvalue weighted by molar-refractivity contribution is 7.46. The molecule has 0 fully saturated rings. The maximum absolute atomic E-state index is 12.1. The second-order valence-electron chi connectivity index (χ2n) is 6.54. The molecule has 0 aromatic carbocycles. The van der Waals surface area contributed by atoms with Crippen LogP contribution in [0.15, 0.2) is 0 Å². The second kappa shape index (κ2) is 15.7. The number of carboxylic acid groups (broad SMARTS) is 1.